The number of aromatic nitrogens is 2. The van der Waals surface area contributed by atoms with Crippen LogP contribution in [-0.2, 0) is 10.0 Å². The largest absolute Gasteiger partial charge is 0.291 e. The number of carbonyl (C=O) groups excluding carboxylic acids is 1. The van der Waals surface area contributed by atoms with Crippen molar-refractivity contribution in [3.63, 3.8) is 0 Å². The zero-order valence-corrected chi connectivity index (χ0v) is 12.8. The molecule has 2 atom stereocenters. The molecule has 0 saturated carbocycles. The molecule has 0 fully saturated rings. The summed E-state index contributed by atoms with van der Waals surface area (Å²) < 4.78 is 39.8. The van der Waals surface area contributed by atoms with Crippen molar-refractivity contribution >= 4 is 15.8 Å². The second kappa shape index (κ2) is 4.99. The van der Waals surface area contributed by atoms with Crippen molar-refractivity contribution in [2.45, 2.75) is 30.8 Å². The van der Waals surface area contributed by atoms with Crippen molar-refractivity contribution in [3.05, 3.63) is 47.5 Å². The molecule has 8 heteroatoms. The first-order valence-electron chi connectivity index (χ1n) is 6.70. The maximum atomic E-state index is 13.0. The number of Topliss-reactive ketones (excluding diaryl/α,β-unsaturated/α-hetero) is 1. The van der Waals surface area contributed by atoms with Gasteiger partial charge in [0, 0.05) is 5.56 Å². The van der Waals surface area contributed by atoms with Crippen molar-refractivity contribution in [1.29, 1.82) is 0 Å². The zero-order valence-electron chi connectivity index (χ0n) is 11.9. The molecule has 2 heterocycles. The Morgan fingerprint density at radius 3 is 2.45 bits per heavy atom. The standard InChI is InChI=1S/C14H14FN3O3S/c1-8-12-7-16-17-13(12)14(19)9(2)18(8)22(20,21)11-5-3-10(15)4-6-11/h3-9H,1-2H3,(H,16,17). The van der Waals surface area contributed by atoms with Gasteiger partial charge in [-0.25, -0.2) is 12.8 Å². The summed E-state index contributed by atoms with van der Waals surface area (Å²) in [6.45, 7) is 3.22. The van der Waals surface area contributed by atoms with E-state index in [1.54, 1.807) is 6.92 Å². The van der Waals surface area contributed by atoms with Crippen LogP contribution in [0.4, 0.5) is 4.39 Å². The fourth-order valence-electron chi connectivity index (χ4n) is 2.75. The van der Waals surface area contributed by atoms with Crippen molar-refractivity contribution in [2.75, 3.05) is 0 Å². The highest BCUT2D eigenvalue weighted by atomic mass is 32.2. The fourth-order valence-corrected chi connectivity index (χ4v) is 4.52. The molecular weight excluding hydrogens is 309 g/mol. The molecule has 2 aromatic rings. The third kappa shape index (κ3) is 2.06. The molecule has 0 spiro atoms. The Kier molecular flexibility index (Phi) is 3.37. The summed E-state index contributed by atoms with van der Waals surface area (Å²) in [5, 5.41) is 6.44. The Morgan fingerprint density at radius 1 is 1.18 bits per heavy atom. The van der Waals surface area contributed by atoms with E-state index in [1.165, 1.54) is 25.3 Å². The number of nitrogens with zero attached hydrogens (tertiary/aromatic N) is 2. The van der Waals surface area contributed by atoms with Crippen LogP contribution >= 0.6 is 0 Å². The Hall–Kier alpha value is -2.06. The Morgan fingerprint density at radius 2 is 1.82 bits per heavy atom. The first-order chi connectivity index (χ1) is 10.3. The van der Waals surface area contributed by atoms with Gasteiger partial charge in [0.15, 0.2) is 5.78 Å². The van der Waals surface area contributed by atoms with Gasteiger partial charge in [-0.15, -0.1) is 0 Å². The number of halogens is 1. The fraction of sp³-hybridized carbons (Fsp3) is 0.286. The zero-order chi connectivity index (χ0) is 16.1. The van der Waals surface area contributed by atoms with Crippen LogP contribution in [0, 0.1) is 5.82 Å². The number of nitrogens with one attached hydrogen (secondary N) is 1. The van der Waals surface area contributed by atoms with E-state index in [1.807, 2.05) is 0 Å². The van der Waals surface area contributed by atoms with Crippen LogP contribution in [0.15, 0.2) is 35.4 Å². The van der Waals surface area contributed by atoms with Crippen LogP contribution in [0.1, 0.15) is 35.9 Å². The number of ketones is 1. The van der Waals surface area contributed by atoms with Gasteiger partial charge in [-0.3, -0.25) is 9.89 Å². The first kappa shape index (κ1) is 14.9. The number of H-pyrrole nitrogens is 1. The molecule has 0 saturated heterocycles. The molecule has 2 unspecified atom stereocenters. The third-order valence-corrected chi connectivity index (χ3v) is 5.95. The summed E-state index contributed by atoms with van der Waals surface area (Å²) in [6.07, 6.45) is 1.46. The van der Waals surface area contributed by atoms with E-state index in [0.29, 0.717) is 11.3 Å². The lowest BCUT2D eigenvalue weighted by Crippen LogP contribution is -2.48. The Bertz CT molecular complexity index is 829. The quantitative estimate of drug-likeness (QED) is 0.915. The molecule has 6 nitrogen and oxygen atoms in total. The minimum Gasteiger partial charge on any atom is -0.291 e. The Labute approximate surface area is 127 Å². The van der Waals surface area contributed by atoms with Crippen LogP contribution < -0.4 is 0 Å². The molecule has 1 N–H and O–H groups in total. The summed E-state index contributed by atoms with van der Waals surface area (Å²) >= 11 is 0. The van der Waals surface area contributed by atoms with Gasteiger partial charge in [-0.05, 0) is 38.1 Å². The van der Waals surface area contributed by atoms with Crippen molar-refractivity contribution in [2.24, 2.45) is 0 Å². The van der Waals surface area contributed by atoms with Crippen LogP contribution in [0.2, 0.25) is 0 Å². The lowest BCUT2D eigenvalue weighted by Gasteiger charge is -2.36. The minimum absolute atomic E-state index is 0.0488. The number of rotatable bonds is 2. The normalized spacial score (nSPS) is 22.6. The summed E-state index contributed by atoms with van der Waals surface area (Å²) in [5.41, 5.74) is 0.874. The molecule has 22 heavy (non-hydrogen) atoms. The maximum absolute atomic E-state index is 13.0. The first-order valence-corrected chi connectivity index (χ1v) is 8.14. The second-order valence-electron chi connectivity index (χ2n) is 5.21. The van der Waals surface area contributed by atoms with Crippen molar-refractivity contribution in [1.82, 2.24) is 14.5 Å². The molecule has 116 valence electrons. The number of hydrogen-bond acceptors (Lipinski definition) is 4. The summed E-state index contributed by atoms with van der Waals surface area (Å²) in [5.74, 6) is -0.858. The average molecular weight is 323 g/mol. The van der Waals surface area contributed by atoms with Crippen LogP contribution in [0.3, 0.4) is 0 Å². The Balaban J connectivity index is 2.11. The summed E-state index contributed by atoms with van der Waals surface area (Å²) in [7, 11) is -3.93. The number of sulfonamides is 1. The van der Waals surface area contributed by atoms with E-state index >= 15 is 0 Å². The molecule has 1 aliphatic rings. The van der Waals surface area contributed by atoms with Gasteiger partial charge in [0.05, 0.1) is 23.2 Å². The lowest BCUT2D eigenvalue weighted by molar-refractivity contribution is 0.0853. The molecule has 1 aromatic carbocycles. The molecule has 0 aliphatic carbocycles. The molecule has 3 rings (SSSR count). The monoisotopic (exact) mass is 323 g/mol. The van der Waals surface area contributed by atoms with E-state index in [2.05, 4.69) is 10.2 Å². The van der Waals surface area contributed by atoms with Gasteiger partial charge >= 0.3 is 0 Å². The van der Waals surface area contributed by atoms with E-state index in [9.17, 15) is 17.6 Å². The van der Waals surface area contributed by atoms with Crippen LogP contribution in [0.25, 0.3) is 0 Å². The molecule has 0 bridgehead atoms. The lowest BCUT2D eigenvalue weighted by atomic mass is 9.97. The van der Waals surface area contributed by atoms with Gasteiger partial charge in [-0.2, -0.15) is 9.40 Å². The number of aromatic amines is 1. The second-order valence-corrected chi connectivity index (χ2v) is 7.05. The summed E-state index contributed by atoms with van der Waals surface area (Å²) in [4.78, 5) is 12.3. The molecule has 1 aliphatic heterocycles. The number of benzene rings is 1. The van der Waals surface area contributed by atoms with E-state index < -0.39 is 27.9 Å². The number of fused-ring (bicyclic) bond motifs is 1. The van der Waals surface area contributed by atoms with Crippen molar-refractivity contribution in [3.8, 4) is 0 Å². The summed E-state index contributed by atoms with van der Waals surface area (Å²) in [6, 6.07) is 3.14. The minimum atomic E-state index is -3.93. The number of carbonyl (C=O) groups is 1. The van der Waals surface area contributed by atoms with Gasteiger partial charge < -0.3 is 0 Å². The van der Waals surface area contributed by atoms with E-state index in [0.717, 1.165) is 16.4 Å². The maximum Gasteiger partial charge on any atom is 0.244 e. The van der Waals surface area contributed by atoms with Gasteiger partial charge in [-0.1, -0.05) is 0 Å². The van der Waals surface area contributed by atoms with Gasteiger partial charge in [0.2, 0.25) is 10.0 Å². The molecule has 1 aromatic heterocycles. The van der Waals surface area contributed by atoms with Gasteiger partial charge in [0.1, 0.15) is 11.5 Å². The predicted octanol–water partition coefficient (Wildman–Crippen LogP) is 1.89. The highest BCUT2D eigenvalue weighted by Gasteiger charge is 2.43. The molecular formula is C14H14FN3O3S. The highest BCUT2D eigenvalue weighted by molar-refractivity contribution is 7.89. The smallest absolute Gasteiger partial charge is 0.244 e. The SMILES string of the molecule is CC1C(=O)c2[nH]ncc2C(C)N1S(=O)(=O)c1ccc(F)cc1. The van der Waals surface area contributed by atoms with Crippen LogP contribution in [-0.4, -0.2) is 34.7 Å². The molecule has 0 radical (unpaired) electrons. The topological polar surface area (TPSA) is 83.1 Å². The third-order valence-electron chi connectivity index (χ3n) is 3.90. The predicted molar refractivity (Wildman–Crippen MR) is 76.2 cm³/mol. The average Bonchev–Trinajstić information content (AvgIpc) is 2.95. The van der Waals surface area contributed by atoms with Crippen molar-refractivity contribution < 1.29 is 17.6 Å². The van der Waals surface area contributed by atoms with E-state index in [-0.39, 0.29) is 10.7 Å². The highest BCUT2D eigenvalue weighted by Crippen LogP contribution is 2.36. The van der Waals surface area contributed by atoms with Crippen LogP contribution in [0.5, 0.6) is 0 Å². The molecule has 0 amide bonds. The van der Waals surface area contributed by atoms with E-state index in [4.69, 9.17) is 0 Å². The number of hydrogen-bond donors (Lipinski definition) is 1. The van der Waals surface area contributed by atoms with Gasteiger partial charge in [0.25, 0.3) is 0 Å².